The minimum absolute atomic E-state index is 0.236. The molecule has 0 saturated heterocycles. The summed E-state index contributed by atoms with van der Waals surface area (Å²) in [5, 5.41) is 2.99. The normalized spacial score (nSPS) is 10.1. The number of methoxy groups -OCH3 is 1. The molecule has 0 aliphatic rings. The van der Waals surface area contributed by atoms with E-state index in [1.54, 1.807) is 31.4 Å². The Morgan fingerprint density at radius 3 is 2.50 bits per heavy atom. The standard InChI is InChI=1S/C13H14N4O3/c1-19-6-7-20-12(18)10-2-4-11(5-3-10)17-13-15-8-14-9-16-13/h2-5,8-9H,6-7H2,1H3,(H,14,15,16,17). The number of esters is 1. The van der Waals surface area contributed by atoms with Crippen molar-refractivity contribution in [2.45, 2.75) is 0 Å². The highest BCUT2D eigenvalue weighted by atomic mass is 16.6. The SMILES string of the molecule is COCCOC(=O)c1ccc(Nc2ncncn2)cc1. The van der Waals surface area contributed by atoms with Gasteiger partial charge in [-0.05, 0) is 24.3 Å². The number of nitrogens with one attached hydrogen (secondary N) is 1. The lowest BCUT2D eigenvalue weighted by Gasteiger charge is -2.06. The zero-order valence-corrected chi connectivity index (χ0v) is 10.9. The molecule has 0 aliphatic carbocycles. The Kier molecular flexibility index (Phi) is 4.96. The zero-order valence-electron chi connectivity index (χ0n) is 10.9. The first-order valence-corrected chi connectivity index (χ1v) is 5.95. The highest BCUT2D eigenvalue weighted by Gasteiger charge is 2.06. The van der Waals surface area contributed by atoms with Gasteiger partial charge < -0.3 is 14.8 Å². The quantitative estimate of drug-likeness (QED) is 0.629. The Balaban J connectivity index is 1.94. The second-order valence-electron chi connectivity index (χ2n) is 3.79. The van der Waals surface area contributed by atoms with Gasteiger partial charge in [0.2, 0.25) is 5.95 Å². The van der Waals surface area contributed by atoms with Crippen LogP contribution in [0.1, 0.15) is 10.4 Å². The number of aromatic nitrogens is 3. The fraction of sp³-hybridized carbons (Fsp3) is 0.231. The average Bonchev–Trinajstić information content (AvgIpc) is 2.49. The Morgan fingerprint density at radius 2 is 1.85 bits per heavy atom. The Labute approximate surface area is 116 Å². The van der Waals surface area contributed by atoms with Gasteiger partial charge in [-0.1, -0.05) is 0 Å². The first kappa shape index (κ1) is 13.9. The van der Waals surface area contributed by atoms with E-state index in [0.717, 1.165) is 5.69 Å². The molecule has 0 bridgehead atoms. The Bertz CT molecular complexity index is 545. The summed E-state index contributed by atoms with van der Waals surface area (Å²) in [7, 11) is 1.55. The maximum atomic E-state index is 11.7. The van der Waals surface area contributed by atoms with Crippen LogP contribution in [0.15, 0.2) is 36.9 Å². The van der Waals surface area contributed by atoms with Crippen molar-refractivity contribution in [3.05, 3.63) is 42.5 Å². The van der Waals surface area contributed by atoms with E-state index in [1.807, 2.05) is 0 Å². The van der Waals surface area contributed by atoms with Crippen LogP contribution in [0.4, 0.5) is 11.6 Å². The number of carbonyl (C=O) groups is 1. The van der Waals surface area contributed by atoms with Crippen molar-refractivity contribution in [3.63, 3.8) is 0 Å². The van der Waals surface area contributed by atoms with Crippen LogP contribution in [0, 0.1) is 0 Å². The number of hydrogen-bond donors (Lipinski definition) is 1. The predicted molar refractivity (Wildman–Crippen MR) is 71.7 cm³/mol. The molecule has 0 radical (unpaired) electrons. The minimum atomic E-state index is -0.381. The Morgan fingerprint density at radius 1 is 1.15 bits per heavy atom. The van der Waals surface area contributed by atoms with Gasteiger partial charge in [0.15, 0.2) is 0 Å². The van der Waals surface area contributed by atoms with Crippen molar-refractivity contribution in [3.8, 4) is 0 Å². The van der Waals surface area contributed by atoms with Crippen molar-refractivity contribution < 1.29 is 14.3 Å². The molecule has 20 heavy (non-hydrogen) atoms. The molecule has 1 heterocycles. The van der Waals surface area contributed by atoms with E-state index >= 15 is 0 Å². The number of anilines is 2. The van der Waals surface area contributed by atoms with Gasteiger partial charge in [0.25, 0.3) is 0 Å². The van der Waals surface area contributed by atoms with Gasteiger partial charge in [-0.3, -0.25) is 0 Å². The third kappa shape index (κ3) is 3.99. The van der Waals surface area contributed by atoms with E-state index < -0.39 is 0 Å². The van der Waals surface area contributed by atoms with Crippen LogP contribution < -0.4 is 5.32 Å². The van der Waals surface area contributed by atoms with E-state index in [2.05, 4.69) is 20.3 Å². The van der Waals surface area contributed by atoms with Gasteiger partial charge >= 0.3 is 5.97 Å². The van der Waals surface area contributed by atoms with E-state index in [9.17, 15) is 4.79 Å². The molecule has 1 N–H and O–H groups in total. The van der Waals surface area contributed by atoms with Crippen LogP contribution >= 0.6 is 0 Å². The van der Waals surface area contributed by atoms with E-state index in [4.69, 9.17) is 9.47 Å². The summed E-state index contributed by atoms with van der Waals surface area (Å²) in [6, 6.07) is 6.82. The van der Waals surface area contributed by atoms with Crippen molar-refractivity contribution in [2.75, 3.05) is 25.6 Å². The number of nitrogens with zero attached hydrogens (tertiary/aromatic N) is 3. The highest BCUT2D eigenvalue weighted by Crippen LogP contribution is 2.13. The molecule has 0 saturated carbocycles. The molecule has 0 amide bonds. The molecular weight excluding hydrogens is 260 g/mol. The van der Waals surface area contributed by atoms with Gasteiger partial charge in [0.1, 0.15) is 19.3 Å². The number of hydrogen-bond acceptors (Lipinski definition) is 7. The van der Waals surface area contributed by atoms with E-state index in [0.29, 0.717) is 18.1 Å². The predicted octanol–water partition coefficient (Wildman–Crippen LogP) is 1.42. The number of carbonyl (C=O) groups excluding carboxylic acids is 1. The molecule has 104 valence electrons. The molecule has 0 unspecified atom stereocenters. The summed E-state index contributed by atoms with van der Waals surface area (Å²) >= 11 is 0. The molecule has 2 rings (SSSR count). The van der Waals surface area contributed by atoms with E-state index in [1.165, 1.54) is 12.7 Å². The summed E-state index contributed by atoms with van der Waals surface area (Å²) in [5.41, 5.74) is 1.24. The molecule has 0 fully saturated rings. The largest absolute Gasteiger partial charge is 0.460 e. The number of rotatable bonds is 6. The number of benzene rings is 1. The van der Waals surface area contributed by atoms with Gasteiger partial charge in [-0.25, -0.2) is 19.7 Å². The van der Waals surface area contributed by atoms with Crippen molar-refractivity contribution in [1.82, 2.24) is 15.0 Å². The lowest BCUT2D eigenvalue weighted by molar-refractivity contribution is 0.0388. The van der Waals surface area contributed by atoms with Gasteiger partial charge in [0, 0.05) is 12.8 Å². The van der Waals surface area contributed by atoms with Crippen LogP contribution in [0.5, 0.6) is 0 Å². The molecule has 0 spiro atoms. The van der Waals surface area contributed by atoms with Crippen LogP contribution in [0.25, 0.3) is 0 Å². The molecular formula is C13H14N4O3. The first-order valence-electron chi connectivity index (χ1n) is 5.95. The third-order valence-corrected chi connectivity index (χ3v) is 2.39. The van der Waals surface area contributed by atoms with Crippen molar-refractivity contribution in [1.29, 1.82) is 0 Å². The van der Waals surface area contributed by atoms with Crippen LogP contribution in [-0.4, -0.2) is 41.2 Å². The summed E-state index contributed by atoms with van der Waals surface area (Å²) in [4.78, 5) is 23.3. The molecule has 2 aromatic rings. The molecule has 7 nitrogen and oxygen atoms in total. The summed E-state index contributed by atoms with van der Waals surface area (Å²) < 4.78 is 9.82. The number of ether oxygens (including phenoxy) is 2. The van der Waals surface area contributed by atoms with Crippen LogP contribution in [-0.2, 0) is 9.47 Å². The van der Waals surface area contributed by atoms with Crippen LogP contribution in [0.3, 0.4) is 0 Å². The molecule has 1 aromatic carbocycles. The fourth-order valence-corrected chi connectivity index (χ4v) is 1.42. The van der Waals surface area contributed by atoms with Gasteiger partial charge in [-0.15, -0.1) is 0 Å². The highest BCUT2D eigenvalue weighted by molar-refractivity contribution is 5.89. The molecule has 1 aromatic heterocycles. The molecule has 0 atom stereocenters. The van der Waals surface area contributed by atoms with Gasteiger partial charge in [-0.2, -0.15) is 0 Å². The molecule has 0 aliphatic heterocycles. The summed E-state index contributed by atoms with van der Waals surface area (Å²) in [6.45, 7) is 0.616. The smallest absolute Gasteiger partial charge is 0.338 e. The minimum Gasteiger partial charge on any atom is -0.460 e. The Hall–Kier alpha value is -2.54. The lowest BCUT2D eigenvalue weighted by Crippen LogP contribution is -2.09. The van der Waals surface area contributed by atoms with Gasteiger partial charge in [0.05, 0.1) is 12.2 Å². The average molecular weight is 274 g/mol. The van der Waals surface area contributed by atoms with Crippen molar-refractivity contribution in [2.24, 2.45) is 0 Å². The second-order valence-corrected chi connectivity index (χ2v) is 3.79. The van der Waals surface area contributed by atoms with E-state index in [-0.39, 0.29) is 12.6 Å². The fourth-order valence-electron chi connectivity index (χ4n) is 1.42. The first-order chi connectivity index (χ1) is 9.79. The summed E-state index contributed by atoms with van der Waals surface area (Å²) in [6.07, 6.45) is 2.80. The monoisotopic (exact) mass is 274 g/mol. The van der Waals surface area contributed by atoms with Crippen molar-refractivity contribution >= 4 is 17.6 Å². The topological polar surface area (TPSA) is 86.2 Å². The second kappa shape index (κ2) is 7.15. The third-order valence-electron chi connectivity index (χ3n) is 2.39. The maximum absolute atomic E-state index is 11.7. The zero-order chi connectivity index (χ0) is 14.2. The molecule has 7 heteroatoms. The van der Waals surface area contributed by atoms with Crippen LogP contribution in [0.2, 0.25) is 0 Å². The maximum Gasteiger partial charge on any atom is 0.338 e. The summed E-state index contributed by atoms with van der Waals surface area (Å²) in [5.74, 6) is 0.0594. The lowest BCUT2D eigenvalue weighted by atomic mass is 10.2.